The molecule has 2 aromatic heterocycles. The van der Waals surface area contributed by atoms with Gasteiger partial charge in [0.05, 0.1) is 47.9 Å². The van der Waals surface area contributed by atoms with Crippen LogP contribution in [0.3, 0.4) is 0 Å². The molecule has 1 amide bonds. The summed E-state index contributed by atoms with van der Waals surface area (Å²) in [5.74, 6) is 0.0696. The zero-order chi connectivity index (χ0) is 23.7. The molecule has 34 heavy (non-hydrogen) atoms. The third-order valence-electron chi connectivity index (χ3n) is 6.67. The number of rotatable bonds is 6. The zero-order valence-electron chi connectivity index (χ0n) is 19.3. The van der Waals surface area contributed by atoms with E-state index in [0.717, 1.165) is 48.4 Å². The number of hydrogen-bond acceptors (Lipinski definition) is 6. The van der Waals surface area contributed by atoms with Crippen LogP contribution in [0, 0.1) is 18.3 Å². The van der Waals surface area contributed by atoms with Crippen molar-refractivity contribution in [3.63, 3.8) is 0 Å². The number of aromatic nitrogens is 2. The lowest BCUT2D eigenvalue weighted by molar-refractivity contribution is 0.0916. The molecule has 2 saturated heterocycles. The van der Waals surface area contributed by atoms with Crippen LogP contribution in [0.4, 0.5) is 4.79 Å². The highest BCUT2D eigenvalue weighted by Crippen LogP contribution is 2.30. The Balaban J connectivity index is 1.58. The lowest BCUT2D eigenvalue weighted by atomic mass is 10.1. The number of carbonyl (C=O) groups is 2. The molecule has 0 spiro atoms. The smallest absolute Gasteiger partial charge is 0.410 e. The number of piperidine rings is 1. The molecule has 0 aliphatic carbocycles. The number of ketones is 1. The van der Waals surface area contributed by atoms with Crippen molar-refractivity contribution in [2.24, 2.45) is 0 Å². The number of carbonyl (C=O) groups excluding carboxylic acids is 2. The van der Waals surface area contributed by atoms with E-state index in [1.807, 2.05) is 29.7 Å². The van der Waals surface area contributed by atoms with Crippen molar-refractivity contribution in [2.75, 3.05) is 32.8 Å². The molecule has 1 aromatic carbocycles. The van der Waals surface area contributed by atoms with Crippen molar-refractivity contribution in [3.8, 4) is 11.8 Å². The summed E-state index contributed by atoms with van der Waals surface area (Å²) in [6, 6.07) is 11.5. The standard InChI is InChI=1S/C26H27N5O3/c1-18-24(23(32)17-29-9-3-2-4-10-29)25-22(31(18)21-7-5-19(14-27)6-8-21)13-20(15-28-25)16-30-11-12-34-26(30)33/h5-8,13,15H,2-4,9-12,16-17H2,1H3. The minimum Gasteiger partial charge on any atom is -0.448 e. The van der Waals surface area contributed by atoms with Gasteiger partial charge in [0.2, 0.25) is 0 Å². The molecule has 0 unspecified atom stereocenters. The number of amides is 1. The number of benzene rings is 1. The predicted molar refractivity (Wildman–Crippen MR) is 127 cm³/mol. The highest BCUT2D eigenvalue weighted by molar-refractivity contribution is 6.09. The number of cyclic esters (lactones) is 1. The van der Waals surface area contributed by atoms with Crippen LogP contribution < -0.4 is 0 Å². The van der Waals surface area contributed by atoms with E-state index in [2.05, 4.69) is 11.0 Å². The Labute approximate surface area is 198 Å². The fraction of sp³-hybridized carbons (Fsp3) is 0.385. The second-order valence-electron chi connectivity index (χ2n) is 8.96. The second-order valence-corrected chi connectivity index (χ2v) is 8.96. The first kappa shape index (κ1) is 22.1. The lowest BCUT2D eigenvalue weighted by Crippen LogP contribution is -2.34. The fourth-order valence-electron chi connectivity index (χ4n) is 4.95. The van der Waals surface area contributed by atoms with Gasteiger partial charge in [-0.25, -0.2) is 4.79 Å². The molecule has 0 atom stereocenters. The number of ether oxygens (including phenoxy) is 1. The van der Waals surface area contributed by atoms with E-state index in [1.54, 1.807) is 23.2 Å². The summed E-state index contributed by atoms with van der Waals surface area (Å²) in [6.07, 6.45) is 4.89. The van der Waals surface area contributed by atoms with Crippen LogP contribution in [0.15, 0.2) is 36.5 Å². The lowest BCUT2D eigenvalue weighted by Gasteiger charge is -2.25. The van der Waals surface area contributed by atoms with E-state index in [0.29, 0.717) is 42.9 Å². The van der Waals surface area contributed by atoms with E-state index in [9.17, 15) is 14.9 Å². The molecule has 2 fully saturated rings. The number of fused-ring (bicyclic) bond motifs is 1. The minimum atomic E-state index is -0.323. The summed E-state index contributed by atoms with van der Waals surface area (Å²) < 4.78 is 7.08. The molecule has 174 valence electrons. The summed E-state index contributed by atoms with van der Waals surface area (Å²) in [7, 11) is 0. The maximum absolute atomic E-state index is 13.5. The summed E-state index contributed by atoms with van der Waals surface area (Å²) >= 11 is 0. The first-order valence-electron chi connectivity index (χ1n) is 11.7. The summed E-state index contributed by atoms with van der Waals surface area (Å²) in [4.78, 5) is 34.0. The molecule has 8 heteroatoms. The van der Waals surface area contributed by atoms with Crippen molar-refractivity contribution in [3.05, 3.63) is 58.9 Å². The van der Waals surface area contributed by atoms with Gasteiger partial charge in [-0.15, -0.1) is 0 Å². The number of pyridine rings is 1. The van der Waals surface area contributed by atoms with Gasteiger partial charge in [-0.05, 0) is 68.8 Å². The summed E-state index contributed by atoms with van der Waals surface area (Å²) in [5, 5.41) is 9.19. The zero-order valence-corrected chi connectivity index (χ0v) is 19.3. The number of likely N-dealkylation sites (tertiary alicyclic amines) is 1. The van der Waals surface area contributed by atoms with Crippen LogP contribution in [0.2, 0.25) is 0 Å². The molecular weight excluding hydrogens is 430 g/mol. The van der Waals surface area contributed by atoms with E-state index in [4.69, 9.17) is 9.72 Å². The van der Waals surface area contributed by atoms with Crippen molar-refractivity contribution in [1.82, 2.24) is 19.4 Å². The number of hydrogen-bond donors (Lipinski definition) is 0. The Hall–Kier alpha value is -3.70. The van der Waals surface area contributed by atoms with Gasteiger partial charge < -0.3 is 14.2 Å². The van der Waals surface area contributed by atoms with Gasteiger partial charge in [-0.2, -0.15) is 5.26 Å². The van der Waals surface area contributed by atoms with E-state index < -0.39 is 0 Å². The predicted octanol–water partition coefficient (Wildman–Crippen LogP) is 3.83. The number of nitriles is 1. The van der Waals surface area contributed by atoms with E-state index >= 15 is 0 Å². The maximum Gasteiger partial charge on any atom is 0.410 e. The third kappa shape index (κ3) is 4.15. The van der Waals surface area contributed by atoms with Gasteiger partial charge in [-0.1, -0.05) is 6.42 Å². The van der Waals surface area contributed by atoms with Gasteiger partial charge in [0.25, 0.3) is 0 Å². The highest BCUT2D eigenvalue weighted by atomic mass is 16.6. The Kier molecular flexibility index (Phi) is 6.03. The number of nitrogens with zero attached hydrogens (tertiary/aromatic N) is 5. The van der Waals surface area contributed by atoms with Gasteiger partial charge in [0, 0.05) is 17.6 Å². The normalized spacial score (nSPS) is 16.6. The van der Waals surface area contributed by atoms with Crippen LogP contribution >= 0.6 is 0 Å². The van der Waals surface area contributed by atoms with Gasteiger partial charge in [-0.3, -0.25) is 14.7 Å². The van der Waals surface area contributed by atoms with Crippen LogP contribution in [-0.2, 0) is 11.3 Å². The molecule has 2 aliphatic rings. The topological polar surface area (TPSA) is 91.5 Å². The average Bonchev–Trinajstić information content (AvgIpc) is 3.39. The second kappa shape index (κ2) is 9.27. The maximum atomic E-state index is 13.5. The van der Waals surface area contributed by atoms with Crippen molar-refractivity contribution < 1.29 is 14.3 Å². The average molecular weight is 458 g/mol. The van der Waals surface area contributed by atoms with Crippen molar-refractivity contribution in [2.45, 2.75) is 32.7 Å². The highest BCUT2D eigenvalue weighted by Gasteiger charge is 2.26. The molecule has 4 heterocycles. The fourth-order valence-corrected chi connectivity index (χ4v) is 4.95. The molecule has 0 bridgehead atoms. The van der Waals surface area contributed by atoms with Crippen LogP contribution in [-0.4, -0.2) is 64.0 Å². The van der Waals surface area contributed by atoms with E-state index in [-0.39, 0.29) is 11.9 Å². The van der Waals surface area contributed by atoms with Crippen LogP contribution in [0.25, 0.3) is 16.7 Å². The Morgan fingerprint density at radius 3 is 2.59 bits per heavy atom. The Morgan fingerprint density at radius 2 is 1.91 bits per heavy atom. The molecule has 0 N–H and O–H groups in total. The first-order valence-corrected chi connectivity index (χ1v) is 11.7. The van der Waals surface area contributed by atoms with E-state index in [1.165, 1.54) is 6.42 Å². The first-order chi connectivity index (χ1) is 16.5. The monoisotopic (exact) mass is 457 g/mol. The van der Waals surface area contributed by atoms with Crippen LogP contribution in [0.5, 0.6) is 0 Å². The Bertz CT molecular complexity index is 1280. The van der Waals surface area contributed by atoms with Crippen molar-refractivity contribution in [1.29, 1.82) is 5.26 Å². The molecule has 3 aromatic rings. The molecule has 8 nitrogen and oxygen atoms in total. The minimum absolute atomic E-state index is 0.0696. The third-order valence-corrected chi connectivity index (χ3v) is 6.67. The number of Topliss-reactive ketones (excluding diaryl/α,β-unsaturated/α-hetero) is 1. The van der Waals surface area contributed by atoms with Crippen LogP contribution in [0.1, 0.15) is 46.4 Å². The quantitative estimate of drug-likeness (QED) is 0.523. The Morgan fingerprint density at radius 1 is 1.15 bits per heavy atom. The van der Waals surface area contributed by atoms with Gasteiger partial charge in [0.15, 0.2) is 5.78 Å². The summed E-state index contributed by atoms with van der Waals surface area (Å²) in [5.41, 5.74) is 5.24. The van der Waals surface area contributed by atoms with Gasteiger partial charge in [0.1, 0.15) is 6.61 Å². The van der Waals surface area contributed by atoms with Crippen molar-refractivity contribution >= 4 is 22.9 Å². The molecule has 2 aliphatic heterocycles. The molecule has 0 saturated carbocycles. The van der Waals surface area contributed by atoms with Gasteiger partial charge >= 0.3 is 6.09 Å². The molecular formula is C26H27N5O3. The summed E-state index contributed by atoms with van der Waals surface area (Å²) in [6.45, 7) is 5.56. The largest absolute Gasteiger partial charge is 0.448 e. The molecule has 0 radical (unpaired) electrons. The SMILES string of the molecule is Cc1c(C(=O)CN2CCCCC2)c2ncc(CN3CCOC3=O)cc2n1-c1ccc(C#N)cc1. The molecule has 5 rings (SSSR count).